The molecule has 0 unspecified atom stereocenters. The van der Waals surface area contributed by atoms with Gasteiger partial charge >= 0.3 is 0 Å². The summed E-state index contributed by atoms with van der Waals surface area (Å²) in [5.41, 5.74) is 0. The third kappa shape index (κ3) is 4.00. The lowest BCUT2D eigenvalue weighted by atomic mass is 9.95. The van der Waals surface area contributed by atoms with Crippen LogP contribution >= 0.6 is 11.3 Å². The minimum atomic E-state index is 0.0444. The van der Waals surface area contributed by atoms with Gasteiger partial charge in [0.1, 0.15) is 0 Å². The fraction of sp³-hybridized carbons (Fsp3) is 0.500. The van der Waals surface area contributed by atoms with E-state index in [4.69, 9.17) is 0 Å². The Hall–Kier alpha value is -1.09. The average molecular weight is 249 g/mol. The lowest BCUT2D eigenvalue weighted by Crippen LogP contribution is -2.34. The number of carbonyl (C=O) groups excluding carboxylic acids is 1. The highest BCUT2D eigenvalue weighted by Crippen LogP contribution is 2.18. The Labute approximate surface area is 107 Å². The van der Waals surface area contributed by atoms with E-state index in [-0.39, 0.29) is 5.91 Å². The summed E-state index contributed by atoms with van der Waals surface area (Å²) in [4.78, 5) is 14.1. The van der Waals surface area contributed by atoms with Crippen LogP contribution in [0.2, 0.25) is 0 Å². The van der Waals surface area contributed by atoms with Gasteiger partial charge in [0.25, 0.3) is 0 Å². The highest BCUT2D eigenvalue weighted by atomic mass is 32.1. The summed E-state index contributed by atoms with van der Waals surface area (Å²) in [5.74, 6) is 0.0444. The van der Waals surface area contributed by atoms with E-state index < -0.39 is 0 Å². The van der Waals surface area contributed by atoms with Crippen molar-refractivity contribution >= 4 is 23.3 Å². The number of aryl methyl sites for hydroxylation is 1. The zero-order valence-electron chi connectivity index (χ0n) is 10.2. The fourth-order valence-electron chi connectivity index (χ4n) is 2.20. The number of amides is 1. The van der Waals surface area contributed by atoms with E-state index in [1.807, 2.05) is 12.1 Å². The standard InChI is InChI=1S/C14H19NOS/c1-11-7-8-13(17-11)9-10-14(16)15-12-5-3-2-4-6-12/h7-10,12H,2-6H2,1H3,(H,15,16)/b10-9+. The molecular weight excluding hydrogens is 230 g/mol. The number of hydrogen-bond donors (Lipinski definition) is 1. The first-order valence-corrected chi connectivity index (χ1v) is 7.11. The van der Waals surface area contributed by atoms with Gasteiger partial charge in [-0.2, -0.15) is 0 Å². The second-order valence-corrected chi connectivity index (χ2v) is 5.94. The van der Waals surface area contributed by atoms with Gasteiger partial charge in [-0.15, -0.1) is 11.3 Å². The lowest BCUT2D eigenvalue weighted by Gasteiger charge is -2.21. The maximum atomic E-state index is 11.7. The van der Waals surface area contributed by atoms with Crippen LogP contribution in [0.3, 0.4) is 0 Å². The third-order valence-corrected chi connectivity index (χ3v) is 4.08. The predicted octanol–water partition coefficient (Wildman–Crippen LogP) is 3.52. The van der Waals surface area contributed by atoms with Crippen molar-refractivity contribution in [1.29, 1.82) is 0 Å². The minimum Gasteiger partial charge on any atom is -0.350 e. The number of hydrogen-bond acceptors (Lipinski definition) is 2. The molecular formula is C14H19NOS. The molecule has 17 heavy (non-hydrogen) atoms. The van der Waals surface area contributed by atoms with Crippen LogP contribution in [0.4, 0.5) is 0 Å². The van der Waals surface area contributed by atoms with E-state index in [1.165, 1.54) is 24.1 Å². The van der Waals surface area contributed by atoms with Crippen molar-refractivity contribution in [2.75, 3.05) is 0 Å². The summed E-state index contributed by atoms with van der Waals surface area (Å²) < 4.78 is 0. The molecule has 1 aromatic heterocycles. The van der Waals surface area contributed by atoms with Crippen molar-refractivity contribution in [3.63, 3.8) is 0 Å². The van der Waals surface area contributed by atoms with Gasteiger partial charge in [-0.25, -0.2) is 0 Å². The molecule has 1 amide bonds. The Morgan fingerprint density at radius 2 is 2.12 bits per heavy atom. The highest BCUT2D eigenvalue weighted by Gasteiger charge is 2.13. The quantitative estimate of drug-likeness (QED) is 0.816. The van der Waals surface area contributed by atoms with Gasteiger partial charge in [-0.3, -0.25) is 4.79 Å². The zero-order valence-corrected chi connectivity index (χ0v) is 11.1. The van der Waals surface area contributed by atoms with E-state index in [1.54, 1.807) is 17.4 Å². The maximum Gasteiger partial charge on any atom is 0.244 e. The first-order chi connectivity index (χ1) is 8.24. The molecule has 2 nitrogen and oxygen atoms in total. The fourth-order valence-corrected chi connectivity index (χ4v) is 2.98. The topological polar surface area (TPSA) is 29.1 Å². The Morgan fingerprint density at radius 1 is 1.35 bits per heavy atom. The minimum absolute atomic E-state index is 0.0444. The molecule has 0 atom stereocenters. The monoisotopic (exact) mass is 249 g/mol. The van der Waals surface area contributed by atoms with Gasteiger partial charge in [-0.1, -0.05) is 19.3 Å². The molecule has 1 fully saturated rings. The van der Waals surface area contributed by atoms with Gasteiger partial charge in [-0.05, 0) is 38.0 Å². The Morgan fingerprint density at radius 3 is 2.76 bits per heavy atom. The molecule has 2 rings (SSSR count). The lowest BCUT2D eigenvalue weighted by molar-refractivity contribution is -0.117. The normalized spacial score (nSPS) is 17.5. The van der Waals surface area contributed by atoms with Crippen LogP contribution in [0, 0.1) is 6.92 Å². The van der Waals surface area contributed by atoms with Gasteiger partial charge < -0.3 is 5.32 Å². The highest BCUT2D eigenvalue weighted by molar-refractivity contribution is 7.12. The van der Waals surface area contributed by atoms with Crippen molar-refractivity contribution in [2.24, 2.45) is 0 Å². The summed E-state index contributed by atoms with van der Waals surface area (Å²) in [5, 5.41) is 3.07. The van der Waals surface area contributed by atoms with E-state index >= 15 is 0 Å². The molecule has 0 aliphatic heterocycles. The van der Waals surface area contributed by atoms with Crippen LogP contribution in [0.25, 0.3) is 6.08 Å². The summed E-state index contributed by atoms with van der Waals surface area (Å²) in [7, 11) is 0. The van der Waals surface area contributed by atoms with Gasteiger partial charge in [0.05, 0.1) is 0 Å². The molecule has 0 aromatic carbocycles. The molecule has 1 aromatic rings. The van der Waals surface area contributed by atoms with Crippen LogP contribution in [0.15, 0.2) is 18.2 Å². The molecule has 1 saturated carbocycles. The molecule has 1 N–H and O–H groups in total. The molecule has 0 saturated heterocycles. The van der Waals surface area contributed by atoms with Crippen molar-refractivity contribution in [3.8, 4) is 0 Å². The Bertz CT molecular complexity index is 402. The first-order valence-electron chi connectivity index (χ1n) is 6.29. The maximum absolute atomic E-state index is 11.7. The van der Waals surface area contributed by atoms with Crippen LogP contribution in [0.1, 0.15) is 41.9 Å². The Balaban J connectivity index is 1.82. The largest absolute Gasteiger partial charge is 0.350 e. The molecule has 92 valence electrons. The van der Waals surface area contributed by atoms with Crippen molar-refractivity contribution in [1.82, 2.24) is 5.32 Å². The molecule has 0 bridgehead atoms. The third-order valence-electron chi connectivity index (χ3n) is 3.11. The molecule has 1 aliphatic rings. The summed E-state index contributed by atoms with van der Waals surface area (Å²) in [6.07, 6.45) is 9.64. The first kappa shape index (κ1) is 12.4. The second kappa shape index (κ2) is 6.01. The molecule has 0 radical (unpaired) electrons. The number of nitrogens with one attached hydrogen (secondary N) is 1. The predicted molar refractivity (Wildman–Crippen MR) is 73.1 cm³/mol. The number of rotatable bonds is 3. The second-order valence-electron chi connectivity index (χ2n) is 4.63. The van der Waals surface area contributed by atoms with Crippen LogP contribution in [-0.4, -0.2) is 11.9 Å². The molecule has 0 spiro atoms. The summed E-state index contributed by atoms with van der Waals surface area (Å²) >= 11 is 1.71. The summed E-state index contributed by atoms with van der Waals surface area (Å²) in [6, 6.07) is 4.51. The number of thiophene rings is 1. The van der Waals surface area contributed by atoms with Crippen LogP contribution in [0.5, 0.6) is 0 Å². The summed E-state index contributed by atoms with van der Waals surface area (Å²) in [6.45, 7) is 2.07. The average Bonchev–Trinajstić information content (AvgIpc) is 2.74. The molecule has 1 heterocycles. The van der Waals surface area contributed by atoms with Crippen molar-refractivity contribution in [3.05, 3.63) is 28.0 Å². The van der Waals surface area contributed by atoms with E-state index in [2.05, 4.69) is 18.3 Å². The van der Waals surface area contributed by atoms with E-state index in [9.17, 15) is 4.79 Å². The molecule has 1 aliphatic carbocycles. The molecule has 3 heteroatoms. The van der Waals surface area contributed by atoms with Crippen LogP contribution in [-0.2, 0) is 4.79 Å². The van der Waals surface area contributed by atoms with Crippen molar-refractivity contribution < 1.29 is 4.79 Å². The van der Waals surface area contributed by atoms with Gasteiger partial charge in [0, 0.05) is 21.9 Å². The Kier molecular flexibility index (Phi) is 4.37. The van der Waals surface area contributed by atoms with Gasteiger partial charge in [0.15, 0.2) is 0 Å². The van der Waals surface area contributed by atoms with E-state index in [0.29, 0.717) is 6.04 Å². The van der Waals surface area contributed by atoms with Gasteiger partial charge in [0.2, 0.25) is 5.91 Å². The zero-order chi connectivity index (χ0) is 12.1. The smallest absolute Gasteiger partial charge is 0.244 e. The van der Waals surface area contributed by atoms with E-state index in [0.717, 1.165) is 17.7 Å². The number of carbonyl (C=O) groups is 1. The van der Waals surface area contributed by atoms with Crippen LogP contribution < -0.4 is 5.32 Å². The van der Waals surface area contributed by atoms with Crippen molar-refractivity contribution in [2.45, 2.75) is 45.1 Å². The SMILES string of the molecule is Cc1ccc(/C=C/C(=O)NC2CCCCC2)s1.